The van der Waals surface area contributed by atoms with Crippen LogP contribution in [0.3, 0.4) is 0 Å². The largest absolute Gasteiger partial charge is 0.394 e. The Morgan fingerprint density at radius 3 is 2.47 bits per heavy atom. The molecular weight excluding hydrogens is 250 g/mol. The molecule has 0 aliphatic carbocycles. The maximum Gasteiger partial charge on any atom is 0.176 e. The van der Waals surface area contributed by atoms with Gasteiger partial charge in [0.15, 0.2) is 6.29 Å². The molecule has 5 unspecified atom stereocenters. The number of rotatable bonds is 4. The molecular formula is C13H19NO5. The molecule has 0 bridgehead atoms. The molecule has 1 aromatic rings. The van der Waals surface area contributed by atoms with Gasteiger partial charge in [0, 0.05) is 0 Å². The van der Waals surface area contributed by atoms with Crippen LogP contribution in [0.25, 0.3) is 0 Å². The lowest BCUT2D eigenvalue weighted by atomic mass is 9.98. The zero-order valence-electron chi connectivity index (χ0n) is 10.4. The minimum atomic E-state index is -1.21. The Balaban J connectivity index is 1.95. The zero-order valence-corrected chi connectivity index (χ0v) is 10.4. The van der Waals surface area contributed by atoms with Crippen molar-refractivity contribution in [3.05, 3.63) is 35.9 Å². The number of ether oxygens (including phenoxy) is 2. The molecule has 6 heteroatoms. The Hall–Kier alpha value is -1.02. The van der Waals surface area contributed by atoms with E-state index in [9.17, 15) is 10.2 Å². The Bertz CT molecular complexity index is 386. The Labute approximate surface area is 111 Å². The van der Waals surface area contributed by atoms with Gasteiger partial charge in [0.1, 0.15) is 18.3 Å². The third kappa shape index (κ3) is 3.30. The first-order valence-electron chi connectivity index (χ1n) is 6.17. The van der Waals surface area contributed by atoms with Gasteiger partial charge in [-0.25, -0.2) is 0 Å². The van der Waals surface area contributed by atoms with Crippen molar-refractivity contribution in [2.24, 2.45) is 5.73 Å². The number of hydrogen-bond acceptors (Lipinski definition) is 6. The first kappa shape index (κ1) is 14.4. The summed E-state index contributed by atoms with van der Waals surface area (Å²) in [7, 11) is 0. The molecule has 0 spiro atoms. The first-order chi connectivity index (χ1) is 9.13. The van der Waals surface area contributed by atoms with Gasteiger partial charge in [0.25, 0.3) is 0 Å². The molecule has 1 saturated heterocycles. The molecule has 1 heterocycles. The van der Waals surface area contributed by atoms with Crippen LogP contribution in [0.4, 0.5) is 0 Å². The zero-order chi connectivity index (χ0) is 13.8. The summed E-state index contributed by atoms with van der Waals surface area (Å²) in [4.78, 5) is 0. The molecule has 1 aromatic carbocycles. The normalized spacial score (nSPS) is 35.3. The van der Waals surface area contributed by atoms with E-state index >= 15 is 0 Å². The van der Waals surface area contributed by atoms with E-state index in [1.54, 1.807) is 0 Å². The number of benzene rings is 1. The van der Waals surface area contributed by atoms with E-state index in [-0.39, 0.29) is 6.61 Å². The van der Waals surface area contributed by atoms with Gasteiger partial charge in [0.2, 0.25) is 0 Å². The van der Waals surface area contributed by atoms with Crippen molar-refractivity contribution in [2.75, 3.05) is 6.61 Å². The molecule has 6 nitrogen and oxygen atoms in total. The van der Waals surface area contributed by atoms with E-state index in [1.165, 1.54) is 0 Å². The summed E-state index contributed by atoms with van der Waals surface area (Å²) in [6.07, 6.45) is -4.16. The lowest BCUT2D eigenvalue weighted by Gasteiger charge is -2.40. The monoisotopic (exact) mass is 269 g/mol. The third-order valence-electron chi connectivity index (χ3n) is 3.19. The van der Waals surface area contributed by atoms with Gasteiger partial charge in [-0.3, -0.25) is 0 Å². The van der Waals surface area contributed by atoms with E-state index in [2.05, 4.69) is 0 Å². The quantitative estimate of drug-likeness (QED) is 0.557. The average molecular weight is 269 g/mol. The average Bonchev–Trinajstić information content (AvgIpc) is 2.45. The third-order valence-corrected chi connectivity index (χ3v) is 3.19. The van der Waals surface area contributed by atoms with Gasteiger partial charge in [-0.15, -0.1) is 0 Å². The number of aliphatic hydroxyl groups is 3. The summed E-state index contributed by atoms with van der Waals surface area (Å²) in [5.74, 6) is 0. The van der Waals surface area contributed by atoms with Gasteiger partial charge in [-0.05, 0) is 5.56 Å². The minimum Gasteiger partial charge on any atom is -0.394 e. The summed E-state index contributed by atoms with van der Waals surface area (Å²) in [5.41, 5.74) is 6.70. The van der Waals surface area contributed by atoms with Crippen LogP contribution in [0.2, 0.25) is 0 Å². The van der Waals surface area contributed by atoms with Crippen LogP contribution in [0, 0.1) is 0 Å². The van der Waals surface area contributed by atoms with Crippen molar-refractivity contribution in [2.45, 2.75) is 37.3 Å². The van der Waals surface area contributed by atoms with Crippen LogP contribution in [-0.2, 0) is 16.1 Å². The molecule has 0 saturated carbocycles. The molecule has 1 fully saturated rings. The standard InChI is InChI=1S/C13H19NO5/c14-10-12(17)11(16)9(6-15)19-13(10)18-7-8-4-2-1-3-5-8/h1-5,9-13,15-17H,6-7,14H2. The Kier molecular flexibility index (Phi) is 4.87. The van der Waals surface area contributed by atoms with E-state index < -0.39 is 37.3 Å². The van der Waals surface area contributed by atoms with Gasteiger partial charge in [-0.1, -0.05) is 30.3 Å². The van der Waals surface area contributed by atoms with Crippen molar-refractivity contribution in [1.29, 1.82) is 0 Å². The maximum absolute atomic E-state index is 9.77. The lowest BCUT2D eigenvalue weighted by molar-refractivity contribution is -0.269. The molecule has 2 rings (SSSR count). The van der Waals surface area contributed by atoms with Crippen LogP contribution in [0.1, 0.15) is 5.56 Å². The summed E-state index contributed by atoms with van der Waals surface area (Å²) < 4.78 is 10.8. The highest BCUT2D eigenvalue weighted by Gasteiger charge is 2.42. The minimum absolute atomic E-state index is 0.278. The highest BCUT2D eigenvalue weighted by molar-refractivity contribution is 5.13. The molecule has 0 aromatic heterocycles. The van der Waals surface area contributed by atoms with Crippen molar-refractivity contribution in [3.8, 4) is 0 Å². The van der Waals surface area contributed by atoms with Gasteiger partial charge >= 0.3 is 0 Å². The van der Waals surface area contributed by atoms with Crippen LogP contribution >= 0.6 is 0 Å². The van der Waals surface area contributed by atoms with Crippen LogP contribution in [0.5, 0.6) is 0 Å². The second-order valence-electron chi connectivity index (χ2n) is 4.58. The summed E-state index contributed by atoms with van der Waals surface area (Å²) >= 11 is 0. The number of aliphatic hydroxyl groups excluding tert-OH is 3. The topological polar surface area (TPSA) is 105 Å². The summed E-state index contributed by atoms with van der Waals surface area (Å²) in [5, 5.41) is 28.5. The molecule has 19 heavy (non-hydrogen) atoms. The maximum atomic E-state index is 9.77. The van der Waals surface area contributed by atoms with Gasteiger partial charge in [0.05, 0.1) is 19.3 Å². The summed E-state index contributed by atoms with van der Waals surface area (Å²) in [6.45, 7) is -0.129. The molecule has 0 radical (unpaired) electrons. The van der Waals surface area contributed by atoms with Crippen molar-refractivity contribution in [3.63, 3.8) is 0 Å². The molecule has 1 aliphatic rings. The van der Waals surface area contributed by atoms with Crippen LogP contribution < -0.4 is 5.73 Å². The van der Waals surface area contributed by atoms with Crippen LogP contribution in [0.15, 0.2) is 30.3 Å². The molecule has 106 valence electrons. The fourth-order valence-corrected chi connectivity index (χ4v) is 2.01. The smallest absolute Gasteiger partial charge is 0.176 e. The summed E-state index contributed by atoms with van der Waals surface area (Å²) in [6, 6.07) is 8.59. The predicted molar refractivity (Wildman–Crippen MR) is 67.0 cm³/mol. The van der Waals surface area contributed by atoms with E-state index in [1.807, 2.05) is 30.3 Å². The molecule has 5 N–H and O–H groups in total. The van der Waals surface area contributed by atoms with E-state index in [0.717, 1.165) is 5.56 Å². The van der Waals surface area contributed by atoms with E-state index in [0.29, 0.717) is 0 Å². The van der Waals surface area contributed by atoms with E-state index in [4.69, 9.17) is 20.3 Å². The first-order valence-corrected chi connectivity index (χ1v) is 6.17. The fourth-order valence-electron chi connectivity index (χ4n) is 2.01. The van der Waals surface area contributed by atoms with Crippen molar-refractivity contribution in [1.82, 2.24) is 0 Å². The Morgan fingerprint density at radius 2 is 1.84 bits per heavy atom. The second kappa shape index (κ2) is 6.42. The highest BCUT2D eigenvalue weighted by Crippen LogP contribution is 2.21. The molecule has 1 aliphatic heterocycles. The number of nitrogens with two attached hydrogens (primary N) is 1. The number of hydrogen-bond donors (Lipinski definition) is 4. The highest BCUT2D eigenvalue weighted by atomic mass is 16.7. The van der Waals surface area contributed by atoms with Gasteiger partial charge in [-0.2, -0.15) is 0 Å². The molecule has 0 amide bonds. The van der Waals surface area contributed by atoms with Crippen molar-refractivity contribution < 1.29 is 24.8 Å². The SMILES string of the molecule is NC1C(OCc2ccccc2)OC(CO)C(O)C1O. The van der Waals surface area contributed by atoms with Gasteiger partial charge < -0.3 is 30.5 Å². The molecule has 5 atom stereocenters. The lowest BCUT2D eigenvalue weighted by Crippen LogP contribution is -2.62. The fraction of sp³-hybridized carbons (Fsp3) is 0.538. The predicted octanol–water partition coefficient (Wildman–Crippen LogP) is -1.03. The Morgan fingerprint density at radius 1 is 1.16 bits per heavy atom. The van der Waals surface area contributed by atoms with Crippen molar-refractivity contribution >= 4 is 0 Å². The van der Waals surface area contributed by atoms with Crippen LogP contribution in [-0.4, -0.2) is 52.6 Å². The second-order valence-corrected chi connectivity index (χ2v) is 4.58.